The molecule has 0 saturated carbocycles. The van der Waals surface area contributed by atoms with Crippen molar-refractivity contribution in [1.29, 1.82) is 0 Å². The van der Waals surface area contributed by atoms with Crippen LogP contribution in [-0.2, 0) is 17.8 Å². The summed E-state index contributed by atoms with van der Waals surface area (Å²) in [6.07, 6.45) is 3.22. The van der Waals surface area contributed by atoms with Crippen molar-refractivity contribution in [3.63, 3.8) is 0 Å². The van der Waals surface area contributed by atoms with Gasteiger partial charge in [0.25, 0.3) is 5.91 Å². The Kier molecular flexibility index (Phi) is 7.11. The van der Waals surface area contributed by atoms with Crippen molar-refractivity contribution in [3.05, 3.63) is 88.1 Å². The molecule has 1 amide bonds. The fraction of sp³-hybridized carbons (Fsp3) is 0.182. The van der Waals surface area contributed by atoms with E-state index >= 15 is 0 Å². The first-order valence-electron chi connectivity index (χ1n) is 9.02. The van der Waals surface area contributed by atoms with Crippen LogP contribution in [0.25, 0.3) is 10.2 Å². The molecule has 3 N–H and O–H groups in total. The summed E-state index contributed by atoms with van der Waals surface area (Å²) < 4.78 is 0.893. The minimum Gasteiger partial charge on any atom is -0.383 e. The van der Waals surface area contributed by atoms with Crippen molar-refractivity contribution >= 4 is 38.8 Å². The lowest BCUT2D eigenvalue weighted by Gasteiger charge is -2.15. The summed E-state index contributed by atoms with van der Waals surface area (Å²) in [4.78, 5) is 18.7. The zero-order valence-corrected chi connectivity index (χ0v) is 17.4. The van der Waals surface area contributed by atoms with E-state index in [4.69, 9.17) is 0 Å². The molecule has 0 aliphatic carbocycles. The van der Waals surface area contributed by atoms with Crippen LogP contribution in [0.2, 0.25) is 0 Å². The Bertz CT molecular complexity index is 1020. The summed E-state index contributed by atoms with van der Waals surface area (Å²) in [5.74, 6) is -0.634. The Balaban J connectivity index is 1.58. The van der Waals surface area contributed by atoms with Crippen molar-refractivity contribution in [1.82, 2.24) is 10.3 Å². The molecule has 2 aromatic heterocycles. The van der Waals surface area contributed by atoms with Crippen LogP contribution in [0.4, 0.5) is 0 Å². The Morgan fingerprint density at radius 1 is 1.14 bits per heavy atom. The van der Waals surface area contributed by atoms with Gasteiger partial charge in [0.05, 0.1) is 16.8 Å². The molecule has 0 aliphatic rings. The number of carbonyl (C=O) groups excluding carboxylic acids is 1. The van der Waals surface area contributed by atoms with E-state index in [1.54, 1.807) is 23.5 Å². The van der Waals surface area contributed by atoms with Gasteiger partial charge in [-0.25, -0.2) is 4.98 Å². The molecule has 0 radical (unpaired) electrons. The molecular weight excluding hydrogens is 404 g/mol. The van der Waals surface area contributed by atoms with Gasteiger partial charge in [-0.1, -0.05) is 43.5 Å². The number of aliphatic hydroxyl groups excluding tert-OH is 2. The Morgan fingerprint density at radius 2 is 1.90 bits per heavy atom. The van der Waals surface area contributed by atoms with E-state index in [1.165, 1.54) is 11.3 Å². The molecule has 2 heterocycles. The normalized spacial score (nSPS) is 13.8. The summed E-state index contributed by atoms with van der Waals surface area (Å²) in [5.41, 5.74) is 1.79. The second-order valence-corrected chi connectivity index (χ2v) is 8.67. The molecule has 0 bridgehead atoms. The molecule has 7 heteroatoms. The molecule has 1 aromatic carbocycles. The number of fused-ring (bicyclic) bond motifs is 1. The van der Waals surface area contributed by atoms with Gasteiger partial charge >= 0.3 is 0 Å². The Hall–Kier alpha value is -2.58. The van der Waals surface area contributed by atoms with Crippen LogP contribution in [0, 0.1) is 0 Å². The molecule has 5 nitrogen and oxygen atoms in total. The SMILES string of the molecule is C=CC=C(C=C)Cc1ccc(CNC(=O)[C@H](O)[C@@H](O)c2nc3ccccc3s2)s1. The first kappa shape index (κ1) is 21.1. The number of rotatable bonds is 9. The average Bonchev–Trinajstić information content (AvgIpc) is 3.37. The van der Waals surface area contributed by atoms with E-state index in [0.717, 1.165) is 32.0 Å². The van der Waals surface area contributed by atoms with Gasteiger partial charge in [-0.05, 0) is 29.8 Å². The van der Waals surface area contributed by atoms with Gasteiger partial charge in [0.2, 0.25) is 0 Å². The van der Waals surface area contributed by atoms with Gasteiger partial charge in [0.15, 0.2) is 6.10 Å². The Labute approximate surface area is 177 Å². The van der Waals surface area contributed by atoms with Gasteiger partial charge in [0.1, 0.15) is 11.1 Å². The lowest BCUT2D eigenvalue weighted by atomic mass is 10.1. The number of nitrogens with zero attached hydrogens (tertiary/aromatic N) is 1. The number of hydrogen-bond donors (Lipinski definition) is 3. The van der Waals surface area contributed by atoms with Crippen LogP contribution in [0.15, 0.2) is 73.4 Å². The van der Waals surface area contributed by atoms with E-state index < -0.39 is 18.1 Å². The van der Waals surface area contributed by atoms with Crippen LogP contribution < -0.4 is 5.32 Å². The number of hydrogen-bond acceptors (Lipinski definition) is 6. The van der Waals surface area contributed by atoms with Gasteiger partial charge in [-0.15, -0.1) is 22.7 Å². The zero-order chi connectivity index (χ0) is 20.8. The van der Waals surface area contributed by atoms with Crippen LogP contribution in [0.3, 0.4) is 0 Å². The molecule has 3 aromatic rings. The largest absolute Gasteiger partial charge is 0.383 e. The molecule has 0 saturated heterocycles. The summed E-state index contributed by atoms with van der Waals surface area (Å²) in [5, 5.41) is 23.6. The van der Waals surface area contributed by atoms with Crippen molar-refractivity contribution in [2.24, 2.45) is 0 Å². The zero-order valence-electron chi connectivity index (χ0n) is 15.7. The molecule has 3 rings (SSSR count). The van der Waals surface area contributed by atoms with Gasteiger partial charge in [-0.2, -0.15) is 0 Å². The molecule has 2 atom stereocenters. The first-order valence-corrected chi connectivity index (χ1v) is 10.7. The second-order valence-electron chi connectivity index (χ2n) is 6.35. The maximum atomic E-state index is 12.3. The monoisotopic (exact) mass is 426 g/mol. The topological polar surface area (TPSA) is 82.5 Å². The smallest absolute Gasteiger partial charge is 0.252 e. The highest BCUT2D eigenvalue weighted by molar-refractivity contribution is 7.18. The van der Waals surface area contributed by atoms with Crippen molar-refractivity contribution in [3.8, 4) is 0 Å². The first-order chi connectivity index (χ1) is 14.0. The third-order valence-corrected chi connectivity index (χ3v) is 6.45. The van der Waals surface area contributed by atoms with E-state index in [-0.39, 0.29) is 6.54 Å². The lowest BCUT2D eigenvalue weighted by Crippen LogP contribution is -2.38. The van der Waals surface area contributed by atoms with Gasteiger partial charge in [0, 0.05) is 16.2 Å². The van der Waals surface area contributed by atoms with Crippen molar-refractivity contribution in [2.45, 2.75) is 25.2 Å². The van der Waals surface area contributed by atoms with Gasteiger partial charge < -0.3 is 15.5 Å². The second kappa shape index (κ2) is 9.76. The molecular formula is C22H22N2O3S2. The van der Waals surface area contributed by atoms with Crippen molar-refractivity contribution < 1.29 is 15.0 Å². The van der Waals surface area contributed by atoms with Crippen molar-refractivity contribution in [2.75, 3.05) is 0 Å². The number of aromatic nitrogens is 1. The maximum Gasteiger partial charge on any atom is 0.252 e. The lowest BCUT2D eigenvalue weighted by molar-refractivity contribution is -0.135. The highest BCUT2D eigenvalue weighted by Crippen LogP contribution is 2.28. The van der Waals surface area contributed by atoms with Crippen LogP contribution >= 0.6 is 22.7 Å². The standard InChI is InChI=1S/C22H22N2O3S2/c1-3-7-14(4-2)12-15-10-11-16(28-15)13-23-21(27)19(25)20(26)22-24-17-8-5-6-9-18(17)29-22/h3-11,19-20,25-26H,1-2,12-13H2,(H,23,27)/t19-,20-/m1/s1. The number of amides is 1. The number of thiophene rings is 1. The fourth-order valence-corrected chi connectivity index (χ4v) is 4.71. The Morgan fingerprint density at radius 3 is 2.62 bits per heavy atom. The number of carbonyl (C=O) groups is 1. The van der Waals surface area contributed by atoms with E-state index in [1.807, 2.05) is 42.5 Å². The molecule has 0 unspecified atom stereocenters. The number of allylic oxidation sites excluding steroid dienone is 4. The quantitative estimate of drug-likeness (QED) is 0.453. The number of thiazole rings is 1. The molecule has 0 fully saturated rings. The average molecular weight is 427 g/mol. The van der Waals surface area contributed by atoms with Crippen LogP contribution in [0.5, 0.6) is 0 Å². The number of nitrogens with one attached hydrogen (secondary N) is 1. The van der Waals surface area contributed by atoms with E-state index in [2.05, 4.69) is 23.5 Å². The highest BCUT2D eigenvalue weighted by atomic mass is 32.1. The number of aliphatic hydroxyl groups is 2. The predicted molar refractivity (Wildman–Crippen MR) is 119 cm³/mol. The number of para-hydroxylation sites is 1. The minimum absolute atomic E-state index is 0.279. The molecule has 0 spiro atoms. The maximum absolute atomic E-state index is 12.3. The molecule has 150 valence electrons. The van der Waals surface area contributed by atoms with Crippen LogP contribution in [0.1, 0.15) is 20.9 Å². The summed E-state index contributed by atoms with van der Waals surface area (Å²) in [6, 6.07) is 11.4. The third-order valence-electron chi connectivity index (χ3n) is 4.26. The van der Waals surface area contributed by atoms with E-state index in [0.29, 0.717) is 5.01 Å². The number of benzene rings is 1. The minimum atomic E-state index is -1.59. The summed E-state index contributed by atoms with van der Waals surface area (Å²) >= 11 is 2.83. The predicted octanol–water partition coefficient (Wildman–Crippen LogP) is 3.91. The summed E-state index contributed by atoms with van der Waals surface area (Å²) in [6.45, 7) is 7.76. The van der Waals surface area contributed by atoms with Gasteiger partial charge in [-0.3, -0.25) is 4.79 Å². The van der Waals surface area contributed by atoms with E-state index in [9.17, 15) is 15.0 Å². The molecule has 29 heavy (non-hydrogen) atoms. The summed E-state index contributed by atoms with van der Waals surface area (Å²) in [7, 11) is 0. The third kappa shape index (κ3) is 5.27. The highest BCUT2D eigenvalue weighted by Gasteiger charge is 2.28. The van der Waals surface area contributed by atoms with Crippen LogP contribution in [-0.4, -0.2) is 27.2 Å². The molecule has 0 aliphatic heterocycles. The fourth-order valence-electron chi connectivity index (χ4n) is 2.74.